The van der Waals surface area contributed by atoms with Crippen LogP contribution in [0.15, 0.2) is 59.7 Å². The predicted octanol–water partition coefficient (Wildman–Crippen LogP) is 3.60. The molecule has 0 unspecified atom stereocenters. The van der Waals surface area contributed by atoms with Crippen molar-refractivity contribution in [3.63, 3.8) is 0 Å². The van der Waals surface area contributed by atoms with Gasteiger partial charge in [-0.05, 0) is 23.6 Å². The third kappa shape index (κ3) is 4.94. The molecule has 3 aromatic rings. The highest BCUT2D eigenvalue weighted by atomic mass is 19.1. The number of hydrogen-bond donors (Lipinski definition) is 2. The first-order chi connectivity index (χ1) is 13.6. The summed E-state index contributed by atoms with van der Waals surface area (Å²) < 4.78 is 26.7. The van der Waals surface area contributed by atoms with Gasteiger partial charge in [-0.2, -0.15) is 0 Å². The molecule has 0 saturated carbocycles. The summed E-state index contributed by atoms with van der Waals surface area (Å²) >= 11 is 0. The Kier molecular flexibility index (Phi) is 6.37. The van der Waals surface area contributed by atoms with E-state index in [9.17, 15) is 8.78 Å². The minimum atomic E-state index is -0.571. The van der Waals surface area contributed by atoms with Crippen LogP contribution in [0.2, 0.25) is 0 Å². The second-order valence-corrected chi connectivity index (χ2v) is 6.43. The van der Waals surface area contributed by atoms with Crippen molar-refractivity contribution in [3.05, 3.63) is 77.8 Å². The number of aliphatic imine (C=N–C) groups is 1. The molecule has 7 heteroatoms. The number of guanidine groups is 1. The van der Waals surface area contributed by atoms with Gasteiger partial charge in [-0.15, -0.1) is 0 Å². The molecular formula is C21H23F2N5. The molecule has 28 heavy (non-hydrogen) atoms. The Morgan fingerprint density at radius 2 is 1.96 bits per heavy atom. The first kappa shape index (κ1) is 19.5. The van der Waals surface area contributed by atoms with E-state index in [2.05, 4.69) is 20.3 Å². The topological polar surface area (TPSA) is 56.3 Å². The molecule has 0 atom stereocenters. The number of halogens is 2. The second-order valence-electron chi connectivity index (χ2n) is 6.43. The number of aromatic nitrogens is 2. The Bertz CT molecular complexity index is 937. The quantitative estimate of drug-likeness (QED) is 0.505. The Morgan fingerprint density at radius 1 is 1.18 bits per heavy atom. The maximum Gasteiger partial charge on any atom is 0.193 e. The molecule has 0 aliphatic carbocycles. The number of nitrogens with one attached hydrogen (secondary N) is 2. The van der Waals surface area contributed by atoms with E-state index in [1.165, 1.54) is 12.1 Å². The van der Waals surface area contributed by atoms with Gasteiger partial charge in [0.25, 0.3) is 0 Å². The molecule has 0 spiro atoms. The summed E-state index contributed by atoms with van der Waals surface area (Å²) in [5.41, 5.74) is 2.50. The van der Waals surface area contributed by atoms with E-state index in [1.807, 2.05) is 48.5 Å². The Labute approximate surface area is 163 Å². The van der Waals surface area contributed by atoms with Crippen LogP contribution in [0, 0.1) is 11.6 Å². The third-order valence-electron chi connectivity index (χ3n) is 4.37. The first-order valence-electron chi connectivity index (χ1n) is 9.02. The molecule has 2 aromatic carbocycles. The van der Waals surface area contributed by atoms with Gasteiger partial charge in [-0.3, -0.25) is 4.99 Å². The molecule has 0 radical (unpaired) electrons. The Hall–Kier alpha value is -3.22. The summed E-state index contributed by atoms with van der Waals surface area (Å²) in [5.74, 6) is 0.376. The Balaban J connectivity index is 1.55. The zero-order valence-corrected chi connectivity index (χ0v) is 15.9. The molecule has 0 amide bonds. The van der Waals surface area contributed by atoms with Crippen molar-refractivity contribution in [2.45, 2.75) is 13.0 Å². The van der Waals surface area contributed by atoms with Crippen LogP contribution in [0.1, 0.15) is 11.4 Å². The molecule has 3 rings (SSSR count). The molecule has 0 aliphatic heterocycles. The summed E-state index contributed by atoms with van der Waals surface area (Å²) in [6.07, 6.45) is 2.24. The van der Waals surface area contributed by atoms with Gasteiger partial charge in [0.1, 0.15) is 17.5 Å². The number of rotatable bonds is 6. The fraction of sp³-hybridized carbons (Fsp3) is 0.238. The molecule has 2 N–H and O–H groups in total. The second kappa shape index (κ2) is 9.12. The highest BCUT2D eigenvalue weighted by molar-refractivity contribution is 5.79. The lowest BCUT2D eigenvalue weighted by atomic mass is 10.1. The van der Waals surface area contributed by atoms with E-state index in [1.54, 1.807) is 7.05 Å². The average Bonchev–Trinajstić information content (AvgIpc) is 3.16. The van der Waals surface area contributed by atoms with Crippen molar-refractivity contribution in [1.29, 1.82) is 0 Å². The van der Waals surface area contributed by atoms with Gasteiger partial charge in [0.15, 0.2) is 5.96 Å². The number of aromatic amines is 1. The van der Waals surface area contributed by atoms with Gasteiger partial charge in [0, 0.05) is 26.7 Å². The van der Waals surface area contributed by atoms with Gasteiger partial charge < -0.3 is 15.2 Å². The van der Waals surface area contributed by atoms with Gasteiger partial charge in [-0.25, -0.2) is 13.8 Å². The van der Waals surface area contributed by atoms with E-state index in [0.29, 0.717) is 31.0 Å². The van der Waals surface area contributed by atoms with Crippen LogP contribution in [0.4, 0.5) is 8.78 Å². The maximum atomic E-state index is 13.7. The van der Waals surface area contributed by atoms with Crippen LogP contribution in [0.3, 0.4) is 0 Å². The minimum absolute atomic E-state index is 0.428. The number of H-pyrrole nitrogens is 1. The summed E-state index contributed by atoms with van der Waals surface area (Å²) in [7, 11) is 3.59. The van der Waals surface area contributed by atoms with Crippen LogP contribution < -0.4 is 5.32 Å². The largest absolute Gasteiger partial charge is 0.356 e. The fourth-order valence-corrected chi connectivity index (χ4v) is 2.92. The molecule has 0 saturated heterocycles. The summed E-state index contributed by atoms with van der Waals surface area (Å²) in [5, 5.41) is 3.19. The van der Waals surface area contributed by atoms with Gasteiger partial charge in [-0.1, -0.05) is 36.4 Å². The van der Waals surface area contributed by atoms with E-state index in [4.69, 9.17) is 0 Å². The Morgan fingerprint density at radius 3 is 2.68 bits per heavy atom. The fourth-order valence-electron chi connectivity index (χ4n) is 2.92. The molecule has 0 fully saturated rings. The van der Waals surface area contributed by atoms with Crippen molar-refractivity contribution in [2.24, 2.45) is 4.99 Å². The zero-order chi connectivity index (χ0) is 19.9. The third-order valence-corrected chi connectivity index (χ3v) is 4.37. The summed E-state index contributed by atoms with van der Waals surface area (Å²) in [6, 6.07) is 13.6. The molecule has 1 heterocycles. The number of benzene rings is 2. The van der Waals surface area contributed by atoms with Crippen LogP contribution in [-0.4, -0.2) is 41.5 Å². The predicted molar refractivity (Wildman–Crippen MR) is 107 cm³/mol. The SMILES string of the molecule is CN=C(NCCc1ccc(F)cc1F)N(C)Cc1ncc(-c2ccccc2)[nH]1. The maximum absolute atomic E-state index is 13.7. The van der Waals surface area contributed by atoms with Crippen LogP contribution in [0.5, 0.6) is 0 Å². The monoisotopic (exact) mass is 383 g/mol. The minimum Gasteiger partial charge on any atom is -0.356 e. The highest BCUT2D eigenvalue weighted by Crippen LogP contribution is 2.16. The first-order valence-corrected chi connectivity index (χ1v) is 9.02. The average molecular weight is 383 g/mol. The van der Waals surface area contributed by atoms with E-state index < -0.39 is 11.6 Å². The van der Waals surface area contributed by atoms with Crippen molar-refractivity contribution in [1.82, 2.24) is 20.2 Å². The lowest BCUT2D eigenvalue weighted by Crippen LogP contribution is -2.39. The standard InChI is InChI=1S/C21H23F2N5/c1-24-21(25-11-10-15-8-9-17(22)12-18(15)23)28(2)14-20-26-13-19(27-20)16-6-4-3-5-7-16/h3-9,12-13H,10-11,14H2,1-2H3,(H,24,25)(H,26,27). The van der Waals surface area contributed by atoms with Gasteiger partial charge in [0.05, 0.1) is 18.4 Å². The molecule has 1 aromatic heterocycles. The summed E-state index contributed by atoms with van der Waals surface area (Å²) in [4.78, 5) is 13.9. The summed E-state index contributed by atoms with van der Waals surface area (Å²) in [6.45, 7) is 1.02. The van der Waals surface area contributed by atoms with Gasteiger partial charge >= 0.3 is 0 Å². The zero-order valence-electron chi connectivity index (χ0n) is 15.9. The smallest absolute Gasteiger partial charge is 0.193 e. The van der Waals surface area contributed by atoms with E-state index in [-0.39, 0.29) is 0 Å². The molecular weight excluding hydrogens is 360 g/mol. The molecule has 5 nitrogen and oxygen atoms in total. The van der Waals surface area contributed by atoms with Crippen molar-refractivity contribution in [2.75, 3.05) is 20.6 Å². The van der Waals surface area contributed by atoms with Crippen LogP contribution >= 0.6 is 0 Å². The molecule has 146 valence electrons. The number of hydrogen-bond acceptors (Lipinski definition) is 2. The van der Waals surface area contributed by atoms with Crippen LogP contribution in [0.25, 0.3) is 11.3 Å². The van der Waals surface area contributed by atoms with Crippen molar-refractivity contribution < 1.29 is 8.78 Å². The number of nitrogens with zero attached hydrogens (tertiary/aromatic N) is 3. The van der Waals surface area contributed by atoms with Crippen LogP contribution in [-0.2, 0) is 13.0 Å². The lowest BCUT2D eigenvalue weighted by Gasteiger charge is -2.21. The molecule has 0 bridgehead atoms. The highest BCUT2D eigenvalue weighted by Gasteiger charge is 2.10. The van der Waals surface area contributed by atoms with Gasteiger partial charge in [0.2, 0.25) is 0 Å². The van der Waals surface area contributed by atoms with Crippen molar-refractivity contribution >= 4 is 5.96 Å². The lowest BCUT2D eigenvalue weighted by molar-refractivity contribution is 0.464. The van der Waals surface area contributed by atoms with E-state index in [0.717, 1.165) is 23.1 Å². The van der Waals surface area contributed by atoms with E-state index >= 15 is 0 Å². The molecule has 0 aliphatic rings. The number of imidazole rings is 1. The van der Waals surface area contributed by atoms with Crippen molar-refractivity contribution in [3.8, 4) is 11.3 Å². The normalized spacial score (nSPS) is 11.5.